The van der Waals surface area contributed by atoms with Crippen molar-refractivity contribution in [1.29, 1.82) is 5.41 Å². The zero-order valence-electron chi connectivity index (χ0n) is 12.3. The molecule has 0 aromatic carbocycles. The maximum atomic E-state index is 7.46. The lowest BCUT2D eigenvalue weighted by Gasteiger charge is -2.16. The highest BCUT2D eigenvalue weighted by atomic mass is 16.5. The predicted octanol–water partition coefficient (Wildman–Crippen LogP) is 4.15. The van der Waals surface area contributed by atoms with E-state index in [0.717, 1.165) is 24.3 Å². The summed E-state index contributed by atoms with van der Waals surface area (Å²) in [5.41, 5.74) is 1.59. The molecule has 0 heterocycles. The van der Waals surface area contributed by atoms with Gasteiger partial charge in [-0.3, -0.25) is 4.99 Å². The van der Waals surface area contributed by atoms with E-state index in [-0.39, 0.29) is 6.10 Å². The third-order valence-corrected chi connectivity index (χ3v) is 2.66. The van der Waals surface area contributed by atoms with Gasteiger partial charge in [-0.2, -0.15) is 0 Å². The summed E-state index contributed by atoms with van der Waals surface area (Å²) in [5.74, 6) is 0.832. The first-order valence-electron chi connectivity index (χ1n) is 6.55. The Hall–Kier alpha value is -1.38. The van der Waals surface area contributed by atoms with Crippen LogP contribution >= 0.6 is 0 Å². The van der Waals surface area contributed by atoms with Crippen molar-refractivity contribution in [2.75, 3.05) is 7.05 Å². The second-order valence-corrected chi connectivity index (χ2v) is 4.35. The van der Waals surface area contributed by atoms with E-state index in [0.29, 0.717) is 12.1 Å². The fraction of sp³-hybridized carbons (Fsp3) is 0.600. The Kier molecular flexibility index (Phi) is 8.89. The van der Waals surface area contributed by atoms with Crippen LogP contribution in [-0.2, 0) is 4.74 Å². The summed E-state index contributed by atoms with van der Waals surface area (Å²) >= 11 is 0. The smallest absolute Gasteiger partial charge is 0.116 e. The Morgan fingerprint density at radius 1 is 1.22 bits per heavy atom. The summed E-state index contributed by atoms with van der Waals surface area (Å²) in [6.07, 6.45) is 8.68. The Labute approximate surface area is 111 Å². The van der Waals surface area contributed by atoms with Gasteiger partial charge in [0, 0.05) is 24.9 Å². The third-order valence-electron chi connectivity index (χ3n) is 2.66. The lowest BCUT2D eigenvalue weighted by atomic mass is 10.2. The third kappa shape index (κ3) is 7.82. The van der Waals surface area contributed by atoms with Crippen molar-refractivity contribution < 1.29 is 4.74 Å². The standard InChI is InChI=1S/C15H26N2O/c1-6-14(7-2)18-15(10-8-12(3)16)11-9-13(4)17-5/h9-11,14,16H,6-8H2,1-5H3/b11-9-,15-10+,16-12?,17-13?. The summed E-state index contributed by atoms with van der Waals surface area (Å²) in [7, 11) is 1.77. The zero-order chi connectivity index (χ0) is 14.0. The molecule has 0 spiro atoms. The molecular weight excluding hydrogens is 224 g/mol. The number of rotatable bonds is 8. The second-order valence-electron chi connectivity index (χ2n) is 4.35. The molecule has 3 nitrogen and oxygen atoms in total. The van der Waals surface area contributed by atoms with E-state index in [1.54, 1.807) is 14.0 Å². The Bertz CT molecular complexity index is 336. The molecule has 3 heteroatoms. The van der Waals surface area contributed by atoms with Gasteiger partial charge in [0.05, 0.1) is 6.10 Å². The molecule has 0 aliphatic rings. The van der Waals surface area contributed by atoms with Gasteiger partial charge in [0.1, 0.15) is 5.76 Å². The quantitative estimate of drug-likeness (QED) is 0.392. The van der Waals surface area contributed by atoms with Crippen molar-refractivity contribution in [2.45, 2.75) is 53.1 Å². The van der Waals surface area contributed by atoms with Crippen LogP contribution in [0.25, 0.3) is 0 Å². The molecule has 0 aliphatic heterocycles. The lowest BCUT2D eigenvalue weighted by Crippen LogP contribution is -2.09. The van der Waals surface area contributed by atoms with Gasteiger partial charge >= 0.3 is 0 Å². The van der Waals surface area contributed by atoms with Crippen molar-refractivity contribution in [2.24, 2.45) is 4.99 Å². The Balaban J connectivity index is 4.76. The minimum absolute atomic E-state index is 0.241. The van der Waals surface area contributed by atoms with E-state index in [9.17, 15) is 0 Å². The molecule has 0 bridgehead atoms. The van der Waals surface area contributed by atoms with Gasteiger partial charge in [-0.15, -0.1) is 0 Å². The van der Waals surface area contributed by atoms with Gasteiger partial charge < -0.3 is 10.1 Å². The van der Waals surface area contributed by atoms with Crippen LogP contribution in [0.1, 0.15) is 47.0 Å². The number of hydrogen-bond acceptors (Lipinski definition) is 3. The van der Waals surface area contributed by atoms with Gasteiger partial charge in [0.2, 0.25) is 0 Å². The summed E-state index contributed by atoms with van der Waals surface area (Å²) < 4.78 is 5.92. The largest absolute Gasteiger partial charge is 0.491 e. The van der Waals surface area contributed by atoms with Gasteiger partial charge in [-0.1, -0.05) is 13.8 Å². The van der Waals surface area contributed by atoms with Crippen LogP contribution in [0.15, 0.2) is 29.0 Å². The normalized spacial score (nSPS) is 13.4. The first kappa shape index (κ1) is 16.6. The van der Waals surface area contributed by atoms with Gasteiger partial charge in [-0.25, -0.2) is 0 Å². The minimum Gasteiger partial charge on any atom is -0.491 e. The average molecular weight is 250 g/mol. The topological polar surface area (TPSA) is 45.4 Å². The fourth-order valence-electron chi connectivity index (χ4n) is 1.33. The van der Waals surface area contributed by atoms with Crippen molar-refractivity contribution in [3.8, 4) is 0 Å². The number of nitrogens with zero attached hydrogens (tertiary/aromatic N) is 1. The number of ether oxygens (including phenoxy) is 1. The Morgan fingerprint density at radius 3 is 2.28 bits per heavy atom. The minimum atomic E-state index is 0.241. The number of nitrogens with one attached hydrogen (secondary N) is 1. The highest BCUT2D eigenvalue weighted by molar-refractivity contribution is 5.93. The zero-order valence-corrected chi connectivity index (χ0v) is 12.3. The van der Waals surface area contributed by atoms with Crippen LogP contribution in [0.4, 0.5) is 0 Å². The second kappa shape index (κ2) is 9.63. The first-order valence-corrected chi connectivity index (χ1v) is 6.55. The monoisotopic (exact) mass is 250 g/mol. The average Bonchev–Trinajstić information content (AvgIpc) is 2.37. The predicted molar refractivity (Wildman–Crippen MR) is 79.7 cm³/mol. The molecule has 0 aromatic heterocycles. The van der Waals surface area contributed by atoms with Crippen LogP contribution in [0.3, 0.4) is 0 Å². The fourth-order valence-corrected chi connectivity index (χ4v) is 1.33. The molecule has 0 saturated carbocycles. The molecule has 0 amide bonds. The molecule has 0 fully saturated rings. The van der Waals surface area contributed by atoms with Crippen LogP contribution in [0.5, 0.6) is 0 Å². The Morgan fingerprint density at radius 2 is 1.83 bits per heavy atom. The summed E-state index contributed by atoms with van der Waals surface area (Å²) in [6.45, 7) is 7.99. The molecule has 0 rings (SSSR count). The van der Waals surface area contributed by atoms with Crippen molar-refractivity contribution in [3.05, 3.63) is 24.0 Å². The molecule has 1 N–H and O–H groups in total. The van der Waals surface area contributed by atoms with Crippen LogP contribution in [0.2, 0.25) is 0 Å². The first-order chi connectivity index (χ1) is 8.53. The van der Waals surface area contributed by atoms with E-state index in [2.05, 4.69) is 18.8 Å². The SMILES string of the molecule is CCC(CC)OC(/C=C\C(C)=NC)=C/CC(C)=N. The molecule has 0 unspecified atom stereocenters. The van der Waals surface area contributed by atoms with Gasteiger partial charge in [0.15, 0.2) is 0 Å². The maximum Gasteiger partial charge on any atom is 0.116 e. The molecule has 18 heavy (non-hydrogen) atoms. The maximum absolute atomic E-state index is 7.46. The number of allylic oxidation sites excluding steroid dienone is 3. The van der Waals surface area contributed by atoms with Crippen LogP contribution < -0.4 is 0 Å². The summed E-state index contributed by atoms with van der Waals surface area (Å²) in [6, 6.07) is 0. The van der Waals surface area contributed by atoms with Crippen molar-refractivity contribution in [3.63, 3.8) is 0 Å². The van der Waals surface area contributed by atoms with Crippen LogP contribution in [0, 0.1) is 5.41 Å². The van der Waals surface area contributed by atoms with E-state index < -0.39 is 0 Å². The van der Waals surface area contributed by atoms with Gasteiger partial charge in [0.25, 0.3) is 0 Å². The highest BCUT2D eigenvalue weighted by Gasteiger charge is 2.05. The highest BCUT2D eigenvalue weighted by Crippen LogP contribution is 2.12. The summed E-state index contributed by atoms with van der Waals surface area (Å²) in [5, 5.41) is 7.46. The van der Waals surface area contributed by atoms with Crippen LogP contribution in [-0.4, -0.2) is 24.6 Å². The van der Waals surface area contributed by atoms with E-state index in [4.69, 9.17) is 10.1 Å². The number of aliphatic imine (C=N–C) groups is 1. The van der Waals surface area contributed by atoms with Gasteiger partial charge in [-0.05, 0) is 44.9 Å². The molecule has 102 valence electrons. The van der Waals surface area contributed by atoms with E-state index in [1.165, 1.54) is 0 Å². The molecular formula is C15H26N2O. The van der Waals surface area contributed by atoms with Crippen molar-refractivity contribution in [1.82, 2.24) is 0 Å². The van der Waals surface area contributed by atoms with E-state index in [1.807, 2.05) is 25.2 Å². The molecule has 0 radical (unpaired) electrons. The number of hydrogen-bond donors (Lipinski definition) is 1. The summed E-state index contributed by atoms with van der Waals surface area (Å²) in [4.78, 5) is 4.08. The molecule has 0 aromatic rings. The van der Waals surface area contributed by atoms with Crippen molar-refractivity contribution >= 4 is 11.4 Å². The molecule has 0 aliphatic carbocycles. The van der Waals surface area contributed by atoms with E-state index >= 15 is 0 Å². The lowest BCUT2D eigenvalue weighted by molar-refractivity contribution is 0.117. The molecule has 0 saturated heterocycles. The molecule has 0 atom stereocenters.